The number of rotatable bonds is 5. The zero-order chi connectivity index (χ0) is 12.4. The quantitative estimate of drug-likeness (QED) is 0.913. The first kappa shape index (κ1) is 12.5. The summed E-state index contributed by atoms with van der Waals surface area (Å²) in [6.45, 7) is 3.16. The monoisotopic (exact) mass is 281 g/mol. The Morgan fingerprint density at radius 3 is 3.33 bits per heavy atom. The molecule has 0 saturated heterocycles. The number of hydrogen-bond donors (Lipinski definition) is 1. The fraction of sp³-hybridized carbons (Fsp3) is 0.615. The highest BCUT2D eigenvalue weighted by atomic mass is 32.2. The van der Waals surface area contributed by atoms with E-state index in [-0.39, 0.29) is 0 Å². The number of aromatic nitrogens is 2. The van der Waals surface area contributed by atoms with Crippen molar-refractivity contribution in [3.05, 3.63) is 23.5 Å². The van der Waals surface area contributed by atoms with Gasteiger partial charge in [-0.1, -0.05) is 6.92 Å². The van der Waals surface area contributed by atoms with Gasteiger partial charge in [-0.2, -0.15) is 11.8 Å². The van der Waals surface area contributed by atoms with Crippen molar-refractivity contribution >= 4 is 28.1 Å². The summed E-state index contributed by atoms with van der Waals surface area (Å²) in [6.07, 6.45) is 8.21. The minimum atomic E-state index is 0.689. The van der Waals surface area contributed by atoms with Gasteiger partial charge in [0.25, 0.3) is 0 Å². The third-order valence-electron chi connectivity index (χ3n) is 3.50. The maximum atomic E-state index is 4.60. The lowest BCUT2D eigenvalue weighted by Crippen LogP contribution is -2.26. The maximum Gasteiger partial charge on any atom is 0.193 e. The summed E-state index contributed by atoms with van der Waals surface area (Å²) in [5, 5.41) is 6.60. The molecule has 1 aliphatic rings. The second kappa shape index (κ2) is 5.63. The van der Waals surface area contributed by atoms with E-state index in [4.69, 9.17) is 0 Å². The van der Waals surface area contributed by atoms with Gasteiger partial charge in [-0.15, -0.1) is 11.3 Å². The van der Waals surface area contributed by atoms with Gasteiger partial charge in [-0.25, -0.2) is 4.98 Å². The molecule has 1 N–H and O–H groups in total. The predicted molar refractivity (Wildman–Crippen MR) is 79.5 cm³/mol. The van der Waals surface area contributed by atoms with Crippen molar-refractivity contribution in [2.45, 2.75) is 44.0 Å². The van der Waals surface area contributed by atoms with Crippen LogP contribution in [-0.2, 0) is 6.54 Å². The van der Waals surface area contributed by atoms with Gasteiger partial charge in [0, 0.05) is 35.6 Å². The molecule has 2 atom stereocenters. The van der Waals surface area contributed by atoms with Crippen LogP contribution < -0.4 is 5.32 Å². The molecule has 0 bridgehead atoms. The fourth-order valence-electron chi connectivity index (χ4n) is 2.62. The van der Waals surface area contributed by atoms with Gasteiger partial charge in [0.15, 0.2) is 4.96 Å². The molecule has 5 heteroatoms. The Bertz CT molecular complexity index is 477. The van der Waals surface area contributed by atoms with Crippen molar-refractivity contribution in [2.75, 3.05) is 5.75 Å². The number of imidazole rings is 1. The van der Waals surface area contributed by atoms with Crippen LogP contribution in [0.2, 0.25) is 0 Å². The molecular weight excluding hydrogens is 262 g/mol. The van der Waals surface area contributed by atoms with E-state index in [1.54, 1.807) is 11.3 Å². The van der Waals surface area contributed by atoms with Crippen LogP contribution in [0.15, 0.2) is 17.8 Å². The van der Waals surface area contributed by atoms with Crippen molar-refractivity contribution in [2.24, 2.45) is 0 Å². The zero-order valence-corrected chi connectivity index (χ0v) is 12.3. The van der Waals surface area contributed by atoms with E-state index in [9.17, 15) is 0 Å². The predicted octanol–water partition coefficient (Wildman–Crippen LogP) is 3.16. The summed E-state index contributed by atoms with van der Waals surface area (Å²) in [6, 6.07) is 0.689. The van der Waals surface area contributed by atoms with Crippen molar-refractivity contribution in [1.29, 1.82) is 0 Å². The van der Waals surface area contributed by atoms with Crippen LogP contribution in [-0.4, -0.2) is 26.4 Å². The molecule has 0 aromatic carbocycles. The average molecular weight is 281 g/mol. The minimum absolute atomic E-state index is 0.689. The Labute approximate surface area is 116 Å². The summed E-state index contributed by atoms with van der Waals surface area (Å²) in [7, 11) is 0. The molecule has 2 aromatic heterocycles. The molecule has 2 aromatic rings. The van der Waals surface area contributed by atoms with Crippen LogP contribution >= 0.6 is 23.1 Å². The summed E-state index contributed by atoms with van der Waals surface area (Å²) in [5.74, 6) is 1.24. The maximum absolute atomic E-state index is 4.60. The van der Waals surface area contributed by atoms with Gasteiger partial charge in [0.1, 0.15) is 0 Å². The van der Waals surface area contributed by atoms with Gasteiger partial charge >= 0.3 is 0 Å². The summed E-state index contributed by atoms with van der Waals surface area (Å²) >= 11 is 3.81. The van der Waals surface area contributed by atoms with E-state index in [2.05, 4.69) is 51.2 Å². The lowest BCUT2D eigenvalue weighted by atomic mass is 10.2. The summed E-state index contributed by atoms with van der Waals surface area (Å²) < 4.78 is 2.10. The minimum Gasteiger partial charge on any atom is -0.308 e. The lowest BCUT2D eigenvalue weighted by Gasteiger charge is -2.11. The molecule has 1 fully saturated rings. The van der Waals surface area contributed by atoms with E-state index in [0.29, 0.717) is 6.04 Å². The fourth-order valence-corrected chi connectivity index (χ4v) is 4.48. The number of nitrogens with zero attached hydrogens (tertiary/aromatic N) is 2. The highest BCUT2D eigenvalue weighted by Gasteiger charge is 2.24. The van der Waals surface area contributed by atoms with E-state index in [1.807, 2.05) is 0 Å². The standard InChI is InChI=1S/C13H19N3S2/c1-2-17-12-4-3-10(7-12)14-8-11-9-16-5-6-18-13(16)15-11/h5-6,9-10,12,14H,2-4,7-8H2,1H3. The van der Waals surface area contributed by atoms with Crippen LogP contribution in [0.4, 0.5) is 0 Å². The van der Waals surface area contributed by atoms with Crippen LogP contribution in [0.5, 0.6) is 0 Å². The van der Waals surface area contributed by atoms with Crippen LogP contribution in [0.1, 0.15) is 31.9 Å². The SMILES string of the molecule is CCSC1CCC(NCc2cn3ccsc3n2)C1. The van der Waals surface area contributed by atoms with Gasteiger partial charge in [0.05, 0.1) is 5.69 Å². The Morgan fingerprint density at radius 1 is 1.56 bits per heavy atom. The van der Waals surface area contributed by atoms with Crippen molar-refractivity contribution < 1.29 is 0 Å². The van der Waals surface area contributed by atoms with Crippen LogP contribution in [0.25, 0.3) is 4.96 Å². The van der Waals surface area contributed by atoms with E-state index in [0.717, 1.165) is 22.4 Å². The average Bonchev–Trinajstić information content (AvgIpc) is 3.00. The number of nitrogens with one attached hydrogen (secondary N) is 1. The Hall–Kier alpha value is -0.520. The third kappa shape index (κ3) is 2.73. The van der Waals surface area contributed by atoms with Gasteiger partial charge < -0.3 is 5.32 Å². The molecule has 1 saturated carbocycles. The molecule has 2 heterocycles. The summed E-state index contributed by atoms with van der Waals surface area (Å²) in [5.41, 5.74) is 1.16. The van der Waals surface area contributed by atoms with Crippen molar-refractivity contribution in [1.82, 2.24) is 14.7 Å². The molecule has 0 aliphatic heterocycles. The summed E-state index contributed by atoms with van der Waals surface area (Å²) in [4.78, 5) is 5.70. The van der Waals surface area contributed by atoms with Gasteiger partial charge in [-0.3, -0.25) is 4.40 Å². The molecule has 18 heavy (non-hydrogen) atoms. The van der Waals surface area contributed by atoms with Crippen molar-refractivity contribution in [3.8, 4) is 0 Å². The largest absolute Gasteiger partial charge is 0.308 e. The first-order valence-electron chi connectivity index (χ1n) is 6.61. The lowest BCUT2D eigenvalue weighted by molar-refractivity contribution is 0.521. The molecule has 2 unspecified atom stereocenters. The Kier molecular flexibility index (Phi) is 3.91. The number of fused-ring (bicyclic) bond motifs is 1. The molecule has 3 rings (SSSR count). The second-order valence-corrected chi connectivity index (χ2v) is 7.24. The number of hydrogen-bond acceptors (Lipinski definition) is 4. The van der Waals surface area contributed by atoms with Crippen LogP contribution in [0, 0.1) is 0 Å². The normalized spacial score (nSPS) is 24.1. The zero-order valence-electron chi connectivity index (χ0n) is 10.6. The highest BCUT2D eigenvalue weighted by Crippen LogP contribution is 2.29. The third-order valence-corrected chi connectivity index (χ3v) is 5.51. The Balaban J connectivity index is 1.51. The van der Waals surface area contributed by atoms with E-state index >= 15 is 0 Å². The molecule has 0 amide bonds. The molecule has 1 aliphatic carbocycles. The van der Waals surface area contributed by atoms with Gasteiger partial charge in [-0.05, 0) is 25.0 Å². The molecular formula is C13H19N3S2. The van der Waals surface area contributed by atoms with Crippen LogP contribution in [0.3, 0.4) is 0 Å². The molecule has 98 valence electrons. The van der Waals surface area contributed by atoms with E-state index in [1.165, 1.54) is 25.0 Å². The number of thioether (sulfide) groups is 1. The topological polar surface area (TPSA) is 29.3 Å². The highest BCUT2D eigenvalue weighted by molar-refractivity contribution is 7.99. The smallest absolute Gasteiger partial charge is 0.193 e. The molecule has 0 spiro atoms. The molecule has 3 nitrogen and oxygen atoms in total. The van der Waals surface area contributed by atoms with Gasteiger partial charge in [0.2, 0.25) is 0 Å². The Morgan fingerprint density at radius 2 is 2.50 bits per heavy atom. The molecule has 0 radical (unpaired) electrons. The first-order chi connectivity index (χ1) is 8.85. The second-order valence-electron chi connectivity index (χ2n) is 4.79. The van der Waals surface area contributed by atoms with E-state index < -0.39 is 0 Å². The first-order valence-corrected chi connectivity index (χ1v) is 8.54. The number of thiazole rings is 1. The van der Waals surface area contributed by atoms with Crippen molar-refractivity contribution in [3.63, 3.8) is 0 Å².